The van der Waals surface area contributed by atoms with Gasteiger partial charge in [0.2, 0.25) is 0 Å². The molecule has 1 atom stereocenters. The second kappa shape index (κ2) is 3.59. The van der Waals surface area contributed by atoms with E-state index in [1.54, 1.807) is 24.9 Å². The Bertz CT molecular complexity index is 394. The van der Waals surface area contributed by atoms with Crippen LogP contribution < -0.4 is 5.73 Å². The molecule has 2 rings (SSSR count). The fourth-order valence-electron chi connectivity index (χ4n) is 1.16. The highest BCUT2D eigenvalue weighted by atomic mass is 16.3. The van der Waals surface area contributed by atoms with Gasteiger partial charge in [0.15, 0.2) is 0 Å². The third-order valence-electron chi connectivity index (χ3n) is 1.98. The molecule has 0 aliphatic heterocycles. The lowest BCUT2D eigenvalue weighted by molar-refractivity contribution is 0.561. The van der Waals surface area contributed by atoms with Gasteiger partial charge in [-0.1, -0.05) is 0 Å². The van der Waals surface area contributed by atoms with Gasteiger partial charge in [-0.3, -0.25) is 0 Å². The minimum atomic E-state index is -0.311. The molecule has 0 radical (unpaired) electrons. The summed E-state index contributed by atoms with van der Waals surface area (Å²) in [7, 11) is 0. The number of hydrogen-bond acceptors (Lipinski definition) is 4. The quantitative estimate of drug-likeness (QED) is 0.776. The zero-order valence-electron chi connectivity index (χ0n) is 7.84. The summed E-state index contributed by atoms with van der Waals surface area (Å²) < 4.78 is 4.95. The summed E-state index contributed by atoms with van der Waals surface area (Å²) in [4.78, 5) is 8.31. The van der Waals surface area contributed by atoms with E-state index in [2.05, 4.69) is 9.97 Å². The van der Waals surface area contributed by atoms with Crippen LogP contribution in [0.1, 0.15) is 23.0 Å². The molecular weight excluding hydrogens is 178 g/mol. The molecule has 2 aromatic heterocycles. The van der Waals surface area contributed by atoms with E-state index in [9.17, 15) is 0 Å². The third kappa shape index (κ3) is 1.65. The van der Waals surface area contributed by atoms with Crippen molar-refractivity contribution in [3.63, 3.8) is 0 Å². The van der Waals surface area contributed by atoms with Crippen LogP contribution >= 0.6 is 0 Å². The van der Waals surface area contributed by atoms with E-state index >= 15 is 0 Å². The summed E-state index contributed by atoms with van der Waals surface area (Å²) in [5.41, 5.74) is 7.83. The minimum Gasteiger partial charge on any atom is -0.472 e. The molecule has 4 heteroatoms. The van der Waals surface area contributed by atoms with Crippen molar-refractivity contribution in [2.24, 2.45) is 5.73 Å². The fraction of sp³-hybridized carbons (Fsp3) is 0.200. The lowest BCUT2D eigenvalue weighted by atomic mass is 10.1. The summed E-state index contributed by atoms with van der Waals surface area (Å²) in [6.07, 6.45) is 6.70. The average molecular weight is 189 g/mol. The highest BCUT2D eigenvalue weighted by Crippen LogP contribution is 2.15. The number of nitrogens with two attached hydrogens (primary N) is 1. The maximum atomic E-state index is 5.93. The van der Waals surface area contributed by atoms with Gasteiger partial charge < -0.3 is 10.2 Å². The molecule has 0 bridgehead atoms. The molecule has 4 nitrogen and oxygen atoms in total. The Morgan fingerprint density at radius 3 is 2.64 bits per heavy atom. The van der Waals surface area contributed by atoms with E-state index < -0.39 is 0 Å². The van der Waals surface area contributed by atoms with Crippen LogP contribution in [0.2, 0.25) is 0 Å². The monoisotopic (exact) mass is 189 g/mol. The van der Waals surface area contributed by atoms with Crippen molar-refractivity contribution in [1.29, 1.82) is 0 Å². The van der Waals surface area contributed by atoms with Crippen LogP contribution in [0.3, 0.4) is 0 Å². The molecule has 2 aromatic rings. The van der Waals surface area contributed by atoms with Crippen molar-refractivity contribution in [3.8, 4) is 0 Å². The summed E-state index contributed by atoms with van der Waals surface area (Å²) in [5.74, 6) is 0.608. The van der Waals surface area contributed by atoms with Crippen LogP contribution in [0, 0.1) is 6.92 Å². The summed E-state index contributed by atoms with van der Waals surface area (Å²) in [6, 6.07) is 1.50. The van der Waals surface area contributed by atoms with Gasteiger partial charge in [-0.15, -0.1) is 0 Å². The van der Waals surface area contributed by atoms with Crippen LogP contribution in [-0.4, -0.2) is 9.97 Å². The molecule has 0 aliphatic rings. The normalized spacial score (nSPS) is 12.7. The lowest BCUT2D eigenvalue weighted by Crippen LogP contribution is -2.14. The van der Waals surface area contributed by atoms with Gasteiger partial charge in [-0.05, 0) is 18.6 Å². The van der Waals surface area contributed by atoms with Crippen molar-refractivity contribution in [3.05, 3.63) is 47.9 Å². The summed E-state index contributed by atoms with van der Waals surface area (Å²) in [5, 5.41) is 0. The third-order valence-corrected chi connectivity index (χ3v) is 1.98. The van der Waals surface area contributed by atoms with E-state index in [-0.39, 0.29) is 6.04 Å². The van der Waals surface area contributed by atoms with Crippen molar-refractivity contribution >= 4 is 0 Å². The standard InChI is InChI=1S/C10H11N3O/c1-7-4-12-10(13-5-7)9(11)8-2-3-14-6-8/h2-6,9H,11H2,1H3. The first-order chi connectivity index (χ1) is 6.77. The topological polar surface area (TPSA) is 64.9 Å². The second-order valence-corrected chi connectivity index (χ2v) is 3.15. The van der Waals surface area contributed by atoms with Crippen LogP contribution in [0.5, 0.6) is 0 Å². The molecule has 0 saturated carbocycles. The molecule has 0 aromatic carbocycles. The number of aryl methyl sites for hydroxylation is 1. The maximum Gasteiger partial charge on any atom is 0.149 e. The van der Waals surface area contributed by atoms with E-state index in [0.29, 0.717) is 5.82 Å². The molecule has 72 valence electrons. The summed E-state index contributed by atoms with van der Waals surface area (Å²) >= 11 is 0. The number of rotatable bonds is 2. The second-order valence-electron chi connectivity index (χ2n) is 3.15. The number of aromatic nitrogens is 2. The van der Waals surface area contributed by atoms with Gasteiger partial charge in [0.05, 0.1) is 18.6 Å². The zero-order chi connectivity index (χ0) is 9.97. The molecule has 0 fully saturated rings. The maximum absolute atomic E-state index is 5.93. The molecule has 0 saturated heterocycles. The number of hydrogen-bond donors (Lipinski definition) is 1. The average Bonchev–Trinajstić information content (AvgIpc) is 2.71. The smallest absolute Gasteiger partial charge is 0.149 e. The van der Waals surface area contributed by atoms with Crippen LogP contribution in [0.4, 0.5) is 0 Å². The first kappa shape index (κ1) is 8.90. The van der Waals surface area contributed by atoms with Crippen molar-refractivity contribution in [2.45, 2.75) is 13.0 Å². The van der Waals surface area contributed by atoms with Crippen molar-refractivity contribution in [1.82, 2.24) is 9.97 Å². The Morgan fingerprint density at radius 1 is 1.36 bits per heavy atom. The first-order valence-corrected chi connectivity index (χ1v) is 4.33. The van der Waals surface area contributed by atoms with E-state index in [1.165, 1.54) is 0 Å². The van der Waals surface area contributed by atoms with Gasteiger partial charge in [-0.25, -0.2) is 9.97 Å². The van der Waals surface area contributed by atoms with Crippen molar-refractivity contribution in [2.75, 3.05) is 0 Å². The Balaban J connectivity index is 2.28. The van der Waals surface area contributed by atoms with Gasteiger partial charge in [0.25, 0.3) is 0 Å². The molecule has 2 heterocycles. The van der Waals surface area contributed by atoms with Gasteiger partial charge in [0.1, 0.15) is 5.82 Å². The minimum absolute atomic E-state index is 0.311. The van der Waals surface area contributed by atoms with Crippen LogP contribution in [0.15, 0.2) is 35.4 Å². The Morgan fingerprint density at radius 2 is 2.07 bits per heavy atom. The van der Waals surface area contributed by atoms with Crippen molar-refractivity contribution < 1.29 is 4.42 Å². The Labute approximate surface area is 81.8 Å². The lowest BCUT2D eigenvalue weighted by Gasteiger charge is -2.06. The molecule has 2 N–H and O–H groups in total. The van der Waals surface area contributed by atoms with Gasteiger partial charge in [-0.2, -0.15) is 0 Å². The van der Waals surface area contributed by atoms with E-state index in [0.717, 1.165) is 11.1 Å². The highest BCUT2D eigenvalue weighted by molar-refractivity contribution is 5.19. The molecule has 1 unspecified atom stereocenters. The molecule has 0 aliphatic carbocycles. The Hall–Kier alpha value is -1.68. The zero-order valence-corrected chi connectivity index (χ0v) is 7.84. The predicted octanol–water partition coefficient (Wildman–Crippen LogP) is 1.43. The van der Waals surface area contributed by atoms with Crippen LogP contribution in [-0.2, 0) is 0 Å². The Kier molecular flexibility index (Phi) is 2.28. The molecule has 14 heavy (non-hydrogen) atoms. The van der Waals surface area contributed by atoms with E-state index in [1.807, 2.05) is 13.0 Å². The van der Waals surface area contributed by atoms with Gasteiger partial charge >= 0.3 is 0 Å². The fourth-order valence-corrected chi connectivity index (χ4v) is 1.16. The number of nitrogens with zero attached hydrogens (tertiary/aromatic N) is 2. The highest BCUT2D eigenvalue weighted by Gasteiger charge is 2.12. The molecular formula is C10H11N3O. The van der Waals surface area contributed by atoms with E-state index in [4.69, 9.17) is 10.2 Å². The summed E-state index contributed by atoms with van der Waals surface area (Å²) in [6.45, 7) is 1.94. The number of furan rings is 1. The molecule has 0 amide bonds. The van der Waals surface area contributed by atoms with Crippen LogP contribution in [0.25, 0.3) is 0 Å². The molecule has 0 spiro atoms. The first-order valence-electron chi connectivity index (χ1n) is 4.33. The predicted molar refractivity (Wildman–Crippen MR) is 51.5 cm³/mol. The SMILES string of the molecule is Cc1cnc(C(N)c2ccoc2)nc1. The largest absolute Gasteiger partial charge is 0.472 e. The van der Waals surface area contributed by atoms with Gasteiger partial charge in [0, 0.05) is 18.0 Å².